The van der Waals surface area contributed by atoms with Crippen LogP contribution in [-0.2, 0) is 0 Å². The first kappa shape index (κ1) is 13.9. The Labute approximate surface area is 128 Å². The number of benzene rings is 2. The van der Waals surface area contributed by atoms with Crippen LogP contribution in [0.5, 0.6) is 11.5 Å². The van der Waals surface area contributed by atoms with Gasteiger partial charge in [-0.15, -0.1) is 0 Å². The maximum absolute atomic E-state index is 13.6. The monoisotopic (exact) mass is 324 g/mol. The van der Waals surface area contributed by atoms with Crippen molar-refractivity contribution in [3.05, 3.63) is 59.1 Å². The maximum atomic E-state index is 13.6. The van der Waals surface area contributed by atoms with Gasteiger partial charge >= 0.3 is 0 Å². The molecule has 0 atom stereocenters. The summed E-state index contributed by atoms with van der Waals surface area (Å²) >= 11 is 11.3. The van der Waals surface area contributed by atoms with E-state index in [9.17, 15) is 9.18 Å². The van der Waals surface area contributed by atoms with Crippen molar-refractivity contribution < 1.29 is 18.3 Å². The Bertz CT molecular complexity index is 842. The summed E-state index contributed by atoms with van der Waals surface area (Å²) in [4.78, 5) is 11.1. The van der Waals surface area contributed by atoms with Crippen molar-refractivity contribution in [1.29, 1.82) is 0 Å². The summed E-state index contributed by atoms with van der Waals surface area (Å²) in [5.74, 6) is 0.329. The lowest BCUT2D eigenvalue weighted by atomic mass is 10.2. The smallest absolute Gasteiger partial charge is 0.253 e. The molecular weight excluding hydrogens is 318 g/mol. The van der Waals surface area contributed by atoms with E-state index in [0.717, 1.165) is 0 Å². The number of furan rings is 1. The van der Waals surface area contributed by atoms with Crippen LogP contribution in [0, 0.1) is 5.82 Å². The molecule has 106 valence electrons. The molecule has 0 aliphatic carbocycles. The average molecular weight is 325 g/mol. The average Bonchev–Trinajstić information content (AvgIpc) is 2.92. The number of ether oxygens (including phenoxy) is 1. The van der Waals surface area contributed by atoms with Gasteiger partial charge in [0.2, 0.25) is 0 Å². The highest BCUT2D eigenvalue weighted by atomic mass is 35.5. The van der Waals surface area contributed by atoms with Gasteiger partial charge in [0.1, 0.15) is 11.6 Å². The van der Waals surface area contributed by atoms with E-state index in [1.807, 2.05) is 0 Å². The lowest BCUT2D eigenvalue weighted by Crippen LogP contribution is -1.92. The first-order chi connectivity index (χ1) is 10.1. The van der Waals surface area contributed by atoms with Gasteiger partial charge in [-0.2, -0.15) is 0 Å². The fourth-order valence-electron chi connectivity index (χ4n) is 1.93. The van der Waals surface area contributed by atoms with Gasteiger partial charge in [-0.3, -0.25) is 4.79 Å². The van der Waals surface area contributed by atoms with E-state index in [4.69, 9.17) is 32.4 Å². The Hall–Kier alpha value is -2.04. The van der Waals surface area contributed by atoms with E-state index in [2.05, 4.69) is 0 Å². The van der Waals surface area contributed by atoms with E-state index in [0.29, 0.717) is 22.5 Å². The van der Waals surface area contributed by atoms with Crippen LogP contribution in [0.4, 0.5) is 4.39 Å². The third-order valence-electron chi connectivity index (χ3n) is 2.91. The molecule has 0 bridgehead atoms. The third kappa shape index (κ3) is 2.60. The van der Waals surface area contributed by atoms with Gasteiger partial charge in [0.05, 0.1) is 22.2 Å². The summed E-state index contributed by atoms with van der Waals surface area (Å²) in [5.41, 5.74) is 0.483. The molecule has 0 unspecified atom stereocenters. The van der Waals surface area contributed by atoms with E-state index >= 15 is 0 Å². The van der Waals surface area contributed by atoms with E-state index in [-0.39, 0.29) is 10.6 Å². The number of carbonyl (C=O) groups excluding carboxylic acids is 1. The summed E-state index contributed by atoms with van der Waals surface area (Å²) in [5, 5.41) is -0.154. The molecular formula is C15H7Cl2FO3. The summed E-state index contributed by atoms with van der Waals surface area (Å²) in [7, 11) is 0. The van der Waals surface area contributed by atoms with E-state index < -0.39 is 11.1 Å². The molecule has 0 spiro atoms. The number of halogens is 3. The molecule has 1 heterocycles. The first-order valence-corrected chi connectivity index (χ1v) is 6.65. The van der Waals surface area contributed by atoms with Crippen molar-refractivity contribution in [3.8, 4) is 11.5 Å². The summed E-state index contributed by atoms with van der Waals surface area (Å²) in [6.45, 7) is 0. The molecule has 0 amide bonds. The van der Waals surface area contributed by atoms with Crippen molar-refractivity contribution in [2.24, 2.45) is 0 Å². The zero-order valence-electron chi connectivity index (χ0n) is 10.4. The molecule has 0 saturated heterocycles. The second-order valence-electron chi connectivity index (χ2n) is 4.23. The normalized spacial score (nSPS) is 10.8. The topological polar surface area (TPSA) is 39.4 Å². The van der Waals surface area contributed by atoms with Gasteiger partial charge in [0.15, 0.2) is 11.3 Å². The Morgan fingerprint density at radius 1 is 1.19 bits per heavy atom. The molecule has 3 rings (SSSR count). The molecule has 0 fully saturated rings. The minimum atomic E-state index is -0.651. The van der Waals surface area contributed by atoms with Crippen molar-refractivity contribution in [2.45, 2.75) is 0 Å². The third-order valence-corrected chi connectivity index (χ3v) is 3.42. The predicted molar refractivity (Wildman–Crippen MR) is 77.9 cm³/mol. The highest BCUT2D eigenvalue weighted by molar-refractivity contribution is 6.68. The zero-order chi connectivity index (χ0) is 15.0. The first-order valence-electron chi connectivity index (χ1n) is 5.89. The molecule has 1 aromatic heterocycles. The minimum absolute atomic E-state index is 0.172. The maximum Gasteiger partial charge on any atom is 0.253 e. The standard InChI is InChI=1S/C15H7Cl2FO3/c16-11-7-8(1-2-9(11)15(17)19)21-13-4-3-12(18)10-5-6-20-14(10)13/h1-7H. The number of fused-ring (bicyclic) bond motifs is 1. The van der Waals surface area contributed by atoms with Gasteiger partial charge in [-0.05, 0) is 41.9 Å². The molecule has 2 aromatic carbocycles. The Morgan fingerprint density at radius 2 is 2.00 bits per heavy atom. The number of hydrogen-bond acceptors (Lipinski definition) is 3. The van der Waals surface area contributed by atoms with Crippen molar-refractivity contribution >= 4 is 39.4 Å². The molecule has 0 N–H and O–H groups in total. The van der Waals surface area contributed by atoms with Gasteiger partial charge in [-0.1, -0.05) is 11.6 Å². The number of hydrogen-bond donors (Lipinski definition) is 0. The van der Waals surface area contributed by atoms with E-state index in [1.165, 1.54) is 36.6 Å². The largest absolute Gasteiger partial charge is 0.460 e. The second kappa shape index (κ2) is 5.39. The van der Waals surface area contributed by atoms with Crippen LogP contribution in [0.2, 0.25) is 5.02 Å². The van der Waals surface area contributed by atoms with Crippen LogP contribution < -0.4 is 4.74 Å². The lowest BCUT2D eigenvalue weighted by molar-refractivity contribution is 0.108. The predicted octanol–water partition coefficient (Wildman–Crippen LogP) is 5.40. The SMILES string of the molecule is O=C(Cl)c1ccc(Oc2ccc(F)c3ccoc23)cc1Cl. The van der Waals surface area contributed by atoms with Gasteiger partial charge in [0.25, 0.3) is 5.24 Å². The Kier molecular flexibility index (Phi) is 3.57. The Morgan fingerprint density at radius 3 is 2.71 bits per heavy atom. The fourth-order valence-corrected chi connectivity index (χ4v) is 2.40. The summed E-state index contributed by atoms with van der Waals surface area (Å²) in [6.07, 6.45) is 1.38. The minimum Gasteiger partial charge on any atom is -0.460 e. The Balaban J connectivity index is 1.99. The molecule has 3 nitrogen and oxygen atoms in total. The number of carbonyl (C=O) groups is 1. The van der Waals surface area contributed by atoms with Crippen molar-refractivity contribution in [1.82, 2.24) is 0 Å². The zero-order valence-corrected chi connectivity index (χ0v) is 11.9. The van der Waals surface area contributed by atoms with Crippen LogP contribution in [0.1, 0.15) is 10.4 Å². The molecule has 0 aliphatic heterocycles. The van der Waals surface area contributed by atoms with Gasteiger partial charge in [-0.25, -0.2) is 4.39 Å². The van der Waals surface area contributed by atoms with Gasteiger partial charge < -0.3 is 9.15 Å². The van der Waals surface area contributed by atoms with Crippen LogP contribution in [0.3, 0.4) is 0 Å². The summed E-state index contributed by atoms with van der Waals surface area (Å²) in [6, 6.07) is 8.70. The van der Waals surface area contributed by atoms with Gasteiger partial charge in [0, 0.05) is 6.07 Å². The fraction of sp³-hybridized carbons (Fsp3) is 0. The molecule has 6 heteroatoms. The van der Waals surface area contributed by atoms with E-state index in [1.54, 1.807) is 6.07 Å². The molecule has 0 radical (unpaired) electrons. The van der Waals surface area contributed by atoms with Crippen molar-refractivity contribution in [3.63, 3.8) is 0 Å². The van der Waals surface area contributed by atoms with Crippen LogP contribution >= 0.6 is 23.2 Å². The highest BCUT2D eigenvalue weighted by Crippen LogP contribution is 2.33. The number of rotatable bonds is 3. The lowest BCUT2D eigenvalue weighted by Gasteiger charge is -2.08. The molecule has 21 heavy (non-hydrogen) atoms. The molecule has 0 aliphatic rings. The molecule has 3 aromatic rings. The molecule has 0 saturated carbocycles. The van der Waals surface area contributed by atoms with Crippen molar-refractivity contribution in [2.75, 3.05) is 0 Å². The quantitative estimate of drug-likeness (QED) is 0.606. The van der Waals surface area contributed by atoms with Crippen LogP contribution in [0.15, 0.2) is 47.1 Å². The second-order valence-corrected chi connectivity index (χ2v) is 4.98. The van der Waals surface area contributed by atoms with Crippen LogP contribution in [0.25, 0.3) is 11.0 Å². The van der Waals surface area contributed by atoms with Crippen LogP contribution in [-0.4, -0.2) is 5.24 Å². The highest BCUT2D eigenvalue weighted by Gasteiger charge is 2.13. The summed E-state index contributed by atoms with van der Waals surface area (Å²) < 4.78 is 24.4.